The lowest BCUT2D eigenvalue weighted by molar-refractivity contribution is -0.384. The third-order valence-corrected chi connectivity index (χ3v) is 2.02. The highest BCUT2D eigenvalue weighted by Gasteiger charge is 2.18. The highest BCUT2D eigenvalue weighted by atomic mass is 16.6. The van der Waals surface area contributed by atoms with E-state index in [4.69, 9.17) is 5.11 Å². The lowest BCUT2D eigenvalue weighted by atomic mass is 10.3. The number of aromatic nitrogens is 2. The fourth-order valence-corrected chi connectivity index (χ4v) is 1.30. The van der Waals surface area contributed by atoms with Gasteiger partial charge in [0.1, 0.15) is 5.52 Å². The number of benzene rings is 1. The topological polar surface area (TPSA) is 118 Å². The van der Waals surface area contributed by atoms with E-state index < -0.39 is 16.7 Å². The highest BCUT2D eigenvalue weighted by Crippen LogP contribution is 2.20. The standard InChI is InChI=1S/C8H5N3O5/c12-8(13)7-9-5-2-1-4(11(15)16)3-6(5)10(7)14/h1-3,14H,(H,12,13). The second-order valence-electron chi connectivity index (χ2n) is 2.98. The highest BCUT2D eigenvalue weighted by molar-refractivity contribution is 5.90. The SMILES string of the molecule is O=C(O)c1nc2ccc([N+](=O)[O-])cc2n1O. The Labute approximate surface area is 87.5 Å². The first-order valence-electron chi connectivity index (χ1n) is 4.10. The van der Waals surface area contributed by atoms with E-state index in [0.717, 1.165) is 6.07 Å². The first kappa shape index (κ1) is 9.90. The van der Waals surface area contributed by atoms with Gasteiger partial charge in [0.2, 0.25) is 0 Å². The van der Waals surface area contributed by atoms with Crippen LogP contribution >= 0.6 is 0 Å². The quantitative estimate of drug-likeness (QED) is 0.443. The third kappa shape index (κ3) is 1.32. The molecule has 2 rings (SSSR count). The molecule has 16 heavy (non-hydrogen) atoms. The number of carbonyl (C=O) groups is 1. The summed E-state index contributed by atoms with van der Waals surface area (Å²) in [6.45, 7) is 0. The molecule has 0 fully saturated rings. The summed E-state index contributed by atoms with van der Waals surface area (Å²) in [7, 11) is 0. The molecule has 8 nitrogen and oxygen atoms in total. The maximum atomic E-state index is 10.6. The number of nitro benzene ring substituents is 1. The number of carboxylic acid groups (broad SMARTS) is 1. The van der Waals surface area contributed by atoms with E-state index in [9.17, 15) is 20.1 Å². The molecule has 0 saturated heterocycles. The molecule has 1 aromatic carbocycles. The van der Waals surface area contributed by atoms with Gasteiger partial charge in [0, 0.05) is 12.1 Å². The fraction of sp³-hybridized carbons (Fsp3) is 0. The minimum Gasteiger partial charge on any atom is -0.475 e. The Kier molecular flexibility index (Phi) is 1.97. The third-order valence-electron chi connectivity index (χ3n) is 2.02. The molecule has 0 bridgehead atoms. The summed E-state index contributed by atoms with van der Waals surface area (Å²) >= 11 is 0. The van der Waals surface area contributed by atoms with Crippen molar-refractivity contribution in [3.63, 3.8) is 0 Å². The van der Waals surface area contributed by atoms with Crippen LogP contribution < -0.4 is 0 Å². The van der Waals surface area contributed by atoms with Crippen molar-refractivity contribution in [2.75, 3.05) is 0 Å². The van der Waals surface area contributed by atoms with Crippen LogP contribution in [0, 0.1) is 10.1 Å². The van der Waals surface area contributed by atoms with Gasteiger partial charge in [0.25, 0.3) is 11.5 Å². The molecule has 8 heteroatoms. The molecule has 0 radical (unpaired) electrons. The van der Waals surface area contributed by atoms with Crippen molar-refractivity contribution in [2.45, 2.75) is 0 Å². The minimum atomic E-state index is -1.42. The number of nitrogens with zero attached hydrogens (tertiary/aromatic N) is 3. The van der Waals surface area contributed by atoms with Crippen LogP contribution in [0.4, 0.5) is 5.69 Å². The van der Waals surface area contributed by atoms with Gasteiger partial charge in [-0.15, -0.1) is 0 Å². The molecule has 0 aliphatic heterocycles. The van der Waals surface area contributed by atoms with Gasteiger partial charge in [0.05, 0.1) is 10.4 Å². The normalized spacial score (nSPS) is 10.5. The molecular weight excluding hydrogens is 218 g/mol. The number of hydrogen-bond acceptors (Lipinski definition) is 5. The summed E-state index contributed by atoms with van der Waals surface area (Å²) in [6.07, 6.45) is 0. The number of aromatic carboxylic acids is 1. The maximum absolute atomic E-state index is 10.6. The van der Waals surface area contributed by atoms with E-state index >= 15 is 0 Å². The molecule has 0 aliphatic carbocycles. The molecule has 0 amide bonds. The van der Waals surface area contributed by atoms with Gasteiger partial charge in [-0.1, -0.05) is 0 Å². The van der Waals surface area contributed by atoms with Crippen LogP contribution in [-0.4, -0.2) is 30.9 Å². The molecular formula is C8H5N3O5. The van der Waals surface area contributed by atoms with Gasteiger partial charge in [-0.2, -0.15) is 4.73 Å². The van der Waals surface area contributed by atoms with Crippen LogP contribution in [-0.2, 0) is 0 Å². The van der Waals surface area contributed by atoms with E-state index in [1.807, 2.05) is 0 Å². The van der Waals surface area contributed by atoms with Crippen LogP contribution in [0.1, 0.15) is 10.6 Å². The second-order valence-corrected chi connectivity index (χ2v) is 2.98. The van der Waals surface area contributed by atoms with Crippen LogP contribution in [0.5, 0.6) is 0 Å². The summed E-state index contributed by atoms with van der Waals surface area (Å²) in [5.74, 6) is -2.00. The average molecular weight is 223 g/mol. The summed E-state index contributed by atoms with van der Waals surface area (Å²) < 4.78 is 0.310. The Morgan fingerprint density at radius 2 is 2.19 bits per heavy atom. The molecule has 2 N–H and O–H groups in total. The number of rotatable bonds is 2. The van der Waals surface area contributed by atoms with E-state index in [1.165, 1.54) is 12.1 Å². The molecule has 1 heterocycles. The zero-order valence-corrected chi connectivity index (χ0v) is 7.69. The Bertz CT molecular complexity index is 603. The van der Waals surface area contributed by atoms with Crippen molar-refractivity contribution in [1.82, 2.24) is 9.71 Å². The van der Waals surface area contributed by atoms with Crippen molar-refractivity contribution < 1.29 is 20.0 Å². The molecule has 82 valence electrons. The van der Waals surface area contributed by atoms with Crippen molar-refractivity contribution in [3.8, 4) is 0 Å². The van der Waals surface area contributed by atoms with Gasteiger partial charge >= 0.3 is 5.97 Å². The Balaban J connectivity index is 2.73. The number of hydrogen-bond donors (Lipinski definition) is 2. The van der Waals surface area contributed by atoms with Gasteiger partial charge in [0.15, 0.2) is 0 Å². The Hall–Kier alpha value is -2.64. The summed E-state index contributed by atoms with van der Waals surface area (Å²) in [5.41, 5.74) is -0.100. The molecule has 1 aromatic heterocycles. The van der Waals surface area contributed by atoms with Gasteiger partial charge < -0.3 is 10.3 Å². The smallest absolute Gasteiger partial charge is 0.375 e. The lowest BCUT2D eigenvalue weighted by Gasteiger charge is -1.95. The van der Waals surface area contributed by atoms with Crippen molar-refractivity contribution >= 4 is 22.7 Å². The van der Waals surface area contributed by atoms with E-state index in [0.29, 0.717) is 4.73 Å². The number of nitro groups is 1. The molecule has 2 aromatic rings. The summed E-state index contributed by atoms with van der Waals surface area (Å²) in [6, 6.07) is 3.50. The molecule has 0 spiro atoms. The fourth-order valence-electron chi connectivity index (χ4n) is 1.30. The second kappa shape index (κ2) is 3.19. The maximum Gasteiger partial charge on any atom is 0.375 e. The van der Waals surface area contributed by atoms with Crippen molar-refractivity contribution in [2.24, 2.45) is 0 Å². The van der Waals surface area contributed by atoms with E-state index in [-0.39, 0.29) is 16.7 Å². The minimum absolute atomic E-state index is 0.0217. The van der Waals surface area contributed by atoms with E-state index in [1.54, 1.807) is 0 Å². The van der Waals surface area contributed by atoms with Gasteiger partial charge in [-0.3, -0.25) is 10.1 Å². The average Bonchev–Trinajstić information content (AvgIpc) is 2.56. The molecule has 0 unspecified atom stereocenters. The van der Waals surface area contributed by atoms with Crippen LogP contribution in [0.25, 0.3) is 11.0 Å². The van der Waals surface area contributed by atoms with Gasteiger partial charge in [-0.25, -0.2) is 9.78 Å². The van der Waals surface area contributed by atoms with E-state index in [2.05, 4.69) is 4.98 Å². The molecule has 0 atom stereocenters. The number of imidazole rings is 1. The summed E-state index contributed by atoms with van der Waals surface area (Å²) in [4.78, 5) is 24.1. The monoisotopic (exact) mass is 223 g/mol. The van der Waals surface area contributed by atoms with Crippen LogP contribution in [0.2, 0.25) is 0 Å². The zero-order valence-electron chi connectivity index (χ0n) is 7.69. The number of non-ortho nitro benzene ring substituents is 1. The Morgan fingerprint density at radius 3 is 2.75 bits per heavy atom. The zero-order chi connectivity index (χ0) is 11.9. The molecule has 0 saturated carbocycles. The lowest BCUT2D eigenvalue weighted by Crippen LogP contribution is -2.06. The predicted octanol–water partition coefficient (Wildman–Crippen LogP) is 0.880. The van der Waals surface area contributed by atoms with Crippen molar-refractivity contribution in [3.05, 3.63) is 34.1 Å². The van der Waals surface area contributed by atoms with Crippen molar-refractivity contribution in [1.29, 1.82) is 0 Å². The first-order valence-corrected chi connectivity index (χ1v) is 4.10. The molecule has 0 aliphatic rings. The number of carboxylic acids is 1. The summed E-state index contributed by atoms with van der Waals surface area (Å²) in [5, 5.41) is 28.6. The first-order chi connectivity index (χ1) is 7.50. The predicted molar refractivity (Wildman–Crippen MR) is 50.5 cm³/mol. The largest absolute Gasteiger partial charge is 0.475 e. The Morgan fingerprint density at radius 1 is 1.50 bits per heavy atom. The van der Waals surface area contributed by atoms with Gasteiger partial charge in [-0.05, 0) is 6.07 Å². The number of fused-ring (bicyclic) bond motifs is 1. The van der Waals surface area contributed by atoms with Crippen LogP contribution in [0.15, 0.2) is 18.2 Å². The van der Waals surface area contributed by atoms with Crippen LogP contribution in [0.3, 0.4) is 0 Å².